The van der Waals surface area contributed by atoms with E-state index in [-0.39, 0.29) is 35.4 Å². The highest BCUT2D eigenvalue weighted by atomic mass is 35.5. The van der Waals surface area contributed by atoms with Crippen molar-refractivity contribution in [2.45, 2.75) is 6.92 Å². The number of carbonyl (C=O) groups excluding carboxylic acids is 1. The van der Waals surface area contributed by atoms with Gasteiger partial charge >= 0.3 is 5.97 Å². The first-order valence-corrected chi connectivity index (χ1v) is 5.72. The van der Waals surface area contributed by atoms with Crippen molar-refractivity contribution in [3.05, 3.63) is 23.2 Å². The highest BCUT2D eigenvalue weighted by molar-refractivity contribution is 7.93. The van der Waals surface area contributed by atoms with Crippen LogP contribution in [0, 0.1) is 0 Å². The Kier molecular flexibility index (Phi) is 3.49. The van der Waals surface area contributed by atoms with Crippen LogP contribution in [0.15, 0.2) is 12.4 Å². The van der Waals surface area contributed by atoms with Crippen molar-refractivity contribution >= 4 is 40.9 Å². The fourth-order valence-corrected chi connectivity index (χ4v) is 1.97. The Morgan fingerprint density at radius 1 is 1.65 bits per heavy atom. The molecule has 90 valence electrons. The number of fused-ring (bicyclic) bond motifs is 1. The van der Waals surface area contributed by atoms with Crippen molar-refractivity contribution in [1.82, 2.24) is 13.9 Å². The summed E-state index contributed by atoms with van der Waals surface area (Å²) in [4.78, 5) is 19.2. The summed E-state index contributed by atoms with van der Waals surface area (Å²) in [6.07, 6.45) is 1.20. The van der Waals surface area contributed by atoms with E-state index in [0.29, 0.717) is 5.39 Å². The van der Waals surface area contributed by atoms with Gasteiger partial charge in [0.1, 0.15) is 17.2 Å². The van der Waals surface area contributed by atoms with Gasteiger partial charge < -0.3 is 4.74 Å². The predicted molar refractivity (Wildman–Crippen MR) is 62.6 cm³/mol. The number of carbonyl (C=O) groups is 1. The maximum Gasteiger partial charge on any atom is 0.356 e. The number of ether oxygens (including phenoxy) is 1. The smallest absolute Gasteiger partial charge is 0.356 e. The average Bonchev–Trinajstić information content (AvgIpc) is 2.69. The first kappa shape index (κ1) is 12.1. The molecule has 0 saturated carbocycles. The van der Waals surface area contributed by atoms with Gasteiger partial charge in [0.05, 0.1) is 12.0 Å². The van der Waals surface area contributed by atoms with E-state index >= 15 is 0 Å². The summed E-state index contributed by atoms with van der Waals surface area (Å²) in [5.74, 6) is -0.633. The van der Waals surface area contributed by atoms with Crippen LogP contribution in [0.25, 0.3) is 11.0 Å². The van der Waals surface area contributed by atoms with Crippen LogP contribution in [0.3, 0.4) is 0 Å². The van der Waals surface area contributed by atoms with Gasteiger partial charge in [0.15, 0.2) is 18.0 Å². The molecule has 0 radical (unpaired) electrons. The monoisotopic (exact) mass is 275 g/mol. The lowest BCUT2D eigenvalue weighted by Gasteiger charge is -2.02. The lowest BCUT2D eigenvalue weighted by Crippen LogP contribution is -2.08. The third-order valence-corrected chi connectivity index (χ3v) is 2.87. The van der Waals surface area contributed by atoms with Crippen molar-refractivity contribution in [3.8, 4) is 0 Å². The number of halogens is 2. The first-order valence-electron chi connectivity index (χ1n) is 4.67. The van der Waals surface area contributed by atoms with E-state index in [9.17, 15) is 8.68 Å². The van der Waals surface area contributed by atoms with Gasteiger partial charge in [-0.05, 0) is 13.0 Å². The second-order valence-electron chi connectivity index (χ2n) is 3.02. The Balaban J connectivity index is 2.63. The fraction of sp³-hybridized carbons (Fsp3) is 0.222. The van der Waals surface area contributed by atoms with Crippen molar-refractivity contribution < 1.29 is 13.4 Å². The van der Waals surface area contributed by atoms with Gasteiger partial charge in [-0.25, -0.2) is 18.7 Å². The van der Waals surface area contributed by atoms with Gasteiger partial charge in [0, 0.05) is 0 Å². The van der Waals surface area contributed by atoms with E-state index in [2.05, 4.69) is 9.97 Å². The van der Waals surface area contributed by atoms with Crippen LogP contribution >= 0.6 is 23.9 Å². The van der Waals surface area contributed by atoms with Gasteiger partial charge in [-0.1, -0.05) is 11.6 Å². The van der Waals surface area contributed by atoms with Crippen molar-refractivity contribution in [1.29, 1.82) is 0 Å². The molecule has 8 heteroatoms. The molecule has 0 amide bonds. The molecular weight excluding hydrogens is 269 g/mol. The molecule has 0 N–H and O–H groups in total. The summed E-state index contributed by atoms with van der Waals surface area (Å²) in [5.41, 5.74) is 0.275. The molecule has 0 atom stereocenters. The molecule has 0 spiro atoms. The summed E-state index contributed by atoms with van der Waals surface area (Å²) in [5, 5.41) is 0.565. The summed E-state index contributed by atoms with van der Waals surface area (Å²) in [7, 11) is 0. The highest BCUT2D eigenvalue weighted by Gasteiger charge is 2.20. The molecule has 0 saturated heterocycles. The minimum Gasteiger partial charge on any atom is -0.461 e. The van der Waals surface area contributed by atoms with Crippen LogP contribution in [0.5, 0.6) is 0 Å². The molecule has 0 bridgehead atoms. The Morgan fingerprint density at radius 2 is 2.41 bits per heavy atom. The normalized spacial score (nSPS) is 10.8. The quantitative estimate of drug-likeness (QED) is 0.637. The van der Waals surface area contributed by atoms with E-state index in [4.69, 9.17) is 16.3 Å². The van der Waals surface area contributed by atoms with Gasteiger partial charge in [-0.15, -0.1) is 3.89 Å². The second-order valence-corrected chi connectivity index (χ2v) is 3.88. The molecule has 0 fully saturated rings. The zero-order chi connectivity index (χ0) is 12.4. The molecule has 2 rings (SSSR count). The van der Waals surface area contributed by atoms with Crippen LogP contribution in [-0.2, 0) is 4.74 Å². The molecule has 0 aliphatic heterocycles. The van der Waals surface area contributed by atoms with E-state index in [1.54, 1.807) is 6.92 Å². The molecule has 2 aromatic heterocycles. The molecule has 0 aromatic carbocycles. The maximum atomic E-state index is 12.8. The standard InChI is InChI=1S/C9H7ClFN3O2S/c1-2-16-9(15)6-3-5-7(10)12-4-13-8(5)14(6)17-11/h3-4H,2H2,1H3. The maximum absolute atomic E-state index is 12.8. The van der Waals surface area contributed by atoms with Crippen molar-refractivity contribution in [3.63, 3.8) is 0 Å². The van der Waals surface area contributed by atoms with Crippen molar-refractivity contribution in [2.75, 3.05) is 6.61 Å². The third kappa shape index (κ3) is 2.07. The van der Waals surface area contributed by atoms with E-state index in [0.717, 1.165) is 3.97 Å². The second kappa shape index (κ2) is 4.89. The van der Waals surface area contributed by atoms with Gasteiger partial charge in [-0.3, -0.25) is 0 Å². The molecule has 0 aliphatic carbocycles. The number of hydrogen-bond donors (Lipinski definition) is 0. The number of rotatable bonds is 3. The first-order chi connectivity index (χ1) is 8.19. The molecule has 2 heterocycles. The minimum absolute atomic E-state index is 0.0387. The molecule has 0 aliphatic rings. The minimum atomic E-state index is -0.633. The Morgan fingerprint density at radius 3 is 3.06 bits per heavy atom. The van der Waals surface area contributed by atoms with Gasteiger partial charge in [0.25, 0.3) is 0 Å². The highest BCUT2D eigenvalue weighted by Crippen LogP contribution is 2.28. The number of hydrogen-bond acceptors (Lipinski definition) is 5. The van der Waals surface area contributed by atoms with E-state index in [1.807, 2.05) is 0 Å². The van der Waals surface area contributed by atoms with Crippen LogP contribution < -0.4 is 0 Å². The van der Waals surface area contributed by atoms with Gasteiger partial charge in [-0.2, -0.15) is 0 Å². The largest absolute Gasteiger partial charge is 0.461 e. The average molecular weight is 276 g/mol. The predicted octanol–water partition coefficient (Wildman–Crippen LogP) is 2.64. The lowest BCUT2D eigenvalue weighted by atomic mass is 10.3. The fourth-order valence-electron chi connectivity index (χ4n) is 1.38. The van der Waals surface area contributed by atoms with E-state index in [1.165, 1.54) is 12.4 Å². The zero-order valence-electron chi connectivity index (χ0n) is 8.68. The molecule has 0 unspecified atom stereocenters. The summed E-state index contributed by atoms with van der Waals surface area (Å²) < 4.78 is 18.7. The number of aromatic nitrogens is 3. The van der Waals surface area contributed by atoms with Crippen LogP contribution in [0.4, 0.5) is 3.89 Å². The van der Waals surface area contributed by atoms with Gasteiger partial charge in [0.2, 0.25) is 0 Å². The van der Waals surface area contributed by atoms with Crippen molar-refractivity contribution in [2.24, 2.45) is 0 Å². The zero-order valence-corrected chi connectivity index (χ0v) is 10.3. The number of nitrogens with zero attached hydrogens (tertiary/aromatic N) is 3. The Labute approximate surface area is 105 Å². The summed E-state index contributed by atoms with van der Waals surface area (Å²) in [6, 6.07) is 1.40. The SMILES string of the molecule is CCOC(=O)c1cc2c(Cl)ncnc2n1SF. The Hall–Kier alpha value is -1.34. The third-order valence-electron chi connectivity index (χ3n) is 2.06. The summed E-state index contributed by atoms with van der Waals surface area (Å²) in [6.45, 7) is 1.87. The van der Waals surface area contributed by atoms with Crippen LogP contribution in [0.2, 0.25) is 5.15 Å². The summed E-state index contributed by atoms with van der Waals surface area (Å²) >= 11 is 5.69. The topological polar surface area (TPSA) is 57.0 Å². The Bertz CT molecular complexity index is 575. The molecular formula is C9H7ClFN3O2S. The van der Waals surface area contributed by atoms with Crippen LogP contribution in [-0.4, -0.2) is 26.5 Å². The van der Waals surface area contributed by atoms with E-state index < -0.39 is 5.97 Å². The molecule has 5 nitrogen and oxygen atoms in total. The molecule has 17 heavy (non-hydrogen) atoms. The molecule has 2 aromatic rings. The van der Waals surface area contributed by atoms with Crippen LogP contribution in [0.1, 0.15) is 17.4 Å². The lowest BCUT2D eigenvalue weighted by molar-refractivity contribution is 0.0519. The number of esters is 1.